The predicted octanol–water partition coefficient (Wildman–Crippen LogP) is 7.48. The van der Waals surface area contributed by atoms with Gasteiger partial charge in [-0.15, -0.1) is 0 Å². The quantitative estimate of drug-likeness (QED) is 0.118. The van der Waals surface area contributed by atoms with Crippen molar-refractivity contribution in [2.75, 3.05) is 6.61 Å². The van der Waals surface area contributed by atoms with E-state index in [-0.39, 0.29) is 25.5 Å². The summed E-state index contributed by atoms with van der Waals surface area (Å²) in [5.41, 5.74) is 2.91. The van der Waals surface area contributed by atoms with Crippen molar-refractivity contribution in [3.63, 3.8) is 0 Å². The number of aliphatic imine (C=N–C) groups is 1. The van der Waals surface area contributed by atoms with Crippen LogP contribution >= 0.6 is 0 Å². The van der Waals surface area contributed by atoms with Crippen LogP contribution in [-0.4, -0.2) is 36.3 Å². The zero-order valence-electron chi connectivity index (χ0n) is 24.5. The van der Waals surface area contributed by atoms with Gasteiger partial charge in [0.2, 0.25) is 5.91 Å². The molecule has 0 heterocycles. The summed E-state index contributed by atoms with van der Waals surface area (Å²) in [6.45, 7) is 6.16. The second-order valence-corrected chi connectivity index (χ2v) is 10.1. The summed E-state index contributed by atoms with van der Waals surface area (Å²) in [6, 6.07) is 15.9. The van der Waals surface area contributed by atoms with Gasteiger partial charge >= 0.3 is 12.1 Å². The molecule has 2 aromatic carbocycles. The van der Waals surface area contributed by atoms with Crippen molar-refractivity contribution in [3.8, 4) is 0 Å². The van der Waals surface area contributed by atoms with E-state index in [1.54, 1.807) is 6.92 Å². The molecule has 0 saturated heterocycles. The van der Waals surface area contributed by atoms with Crippen LogP contribution in [0.1, 0.15) is 101 Å². The Bertz CT molecular complexity index is 1050. The first-order valence-corrected chi connectivity index (χ1v) is 14.7. The van der Waals surface area contributed by atoms with E-state index in [1.165, 1.54) is 38.5 Å². The zero-order valence-corrected chi connectivity index (χ0v) is 24.5. The molecule has 7 nitrogen and oxygen atoms in total. The SMILES string of the molecule is CCCCCCCCCCCC(=O)N[C@@H](C/C(=N/C(=O)OCc1ccccc1)c1ccc(C)cc1)C(=O)OCC. The summed E-state index contributed by atoms with van der Waals surface area (Å²) in [5, 5.41) is 2.82. The van der Waals surface area contributed by atoms with E-state index < -0.39 is 18.1 Å². The van der Waals surface area contributed by atoms with Gasteiger partial charge in [0, 0.05) is 12.8 Å². The van der Waals surface area contributed by atoms with Crippen LogP contribution < -0.4 is 5.32 Å². The number of benzene rings is 2. The topological polar surface area (TPSA) is 94.1 Å². The fraction of sp³-hybridized carbons (Fsp3) is 0.515. The summed E-state index contributed by atoms with van der Waals surface area (Å²) >= 11 is 0. The monoisotopic (exact) mass is 550 g/mol. The van der Waals surface area contributed by atoms with Crippen molar-refractivity contribution >= 4 is 23.7 Å². The largest absolute Gasteiger partial charge is 0.464 e. The van der Waals surface area contributed by atoms with Gasteiger partial charge in [0.1, 0.15) is 12.6 Å². The molecule has 7 heteroatoms. The first-order chi connectivity index (χ1) is 19.4. The summed E-state index contributed by atoms with van der Waals surface area (Å²) in [5.74, 6) is -0.767. The van der Waals surface area contributed by atoms with E-state index in [1.807, 2.05) is 61.5 Å². The highest BCUT2D eigenvalue weighted by Gasteiger charge is 2.25. The van der Waals surface area contributed by atoms with E-state index in [0.29, 0.717) is 17.7 Å². The van der Waals surface area contributed by atoms with Crippen molar-refractivity contribution in [2.45, 2.75) is 104 Å². The van der Waals surface area contributed by atoms with Crippen LogP contribution in [0.5, 0.6) is 0 Å². The van der Waals surface area contributed by atoms with Crippen molar-refractivity contribution in [3.05, 3.63) is 71.3 Å². The van der Waals surface area contributed by atoms with Gasteiger partial charge in [-0.05, 0) is 31.4 Å². The summed E-state index contributed by atoms with van der Waals surface area (Å²) in [6.07, 6.45) is 9.99. The van der Waals surface area contributed by atoms with Crippen LogP contribution in [0, 0.1) is 6.92 Å². The normalized spacial score (nSPS) is 12.0. The fourth-order valence-corrected chi connectivity index (χ4v) is 4.33. The number of nitrogens with one attached hydrogen (secondary N) is 1. The third kappa shape index (κ3) is 13.5. The molecule has 0 bridgehead atoms. The predicted molar refractivity (Wildman–Crippen MR) is 159 cm³/mol. The molecular weight excluding hydrogens is 504 g/mol. The lowest BCUT2D eigenvalue weighted by atomic mass is 10.0. The number of hydrogen-bond donors (Lipinski definition) is 1. The third-order valence-corrected chi connectivity index (χ3v) is 6.63. The maximum Gasteiger partial charge on any atom is 0.434 e. The van der Waals surface area contributed by atoms with Gasteiger partial charge in [-0.2, -0.15) is 4.99 Å². The van der Waals surface area contributed by atoms with E-state index in [9.17, 15) is 14.4 Å². The summed E-state index contributed by atoms with van der Waals surface area (Å²) < 4.78 is 10.6. The second kappa shape index (κ2) is 19.6. The fourth-order valence-electron chi connectivity index (χ4n) is 4.33. The highest BCUT2D eigenvalue weighted by atomic mass is 16.5. The molecule has 0 aliphatic heterocycles. The Hall–Kier alpha value is -3.48. The van der Waals surface area contributed by atoms with Crippen molar-refractivity contribution in [1.29, 1.82) is 0 Å². The molecule has 1 atom stereocenters. The molecule has 2 rings (SSSR count). The van der Waals surface area contributed by atoms with Gasteiger partial charge < -0.3 is 14.8 Å². The first-order valence-electron chi connectivity index (χ1n) is 14.7. The van der Waals surface area contributed by atoms with E-state index in [4.69, 9.17) is 9.47 Å². The van der Waals surface area contributed by atoms with Crippen LogP contribution in [0.2, 0.25) is 0 Å². The number of carbonyl (C=O) groups is 3. The Morgan fingerprint density at radius 1 is 0.800 bits per heavy atom. The number of rotatable bonds is 18. The minimum Gasteiger partial charge on any atom is -0.464 e. The standard InChI is InChI=1S/C33H46N2O5/c1-4-6-7-8-9-10-11-12-16-19-31(36)34-30(32(37)39-5-2)24-29(28-22-20-26(3)21-23-28)35-33(38)40-25-27-17-14-13-15-18-27/h13-15,17-18,20-23,30H,4-12,16,19,24-25H2,1-3H3,(H,34,36)/b35-29-/t30-/m0/s1. The van der Waals surface area contributed by atoms with Gasteiger partial charge in [0.15, 0.2) is 0 Å². The lowest BCUT2D eigenvalue weighted by Gasteiger charge is -2.19. The van der Waals surface area contributed by atoms with Crippen LogP contribution in [0.25, 0.3) is 0 Å². The second-order valence-electron chi connectivity index (χ2n) is 10.1. The molecule has 0 unspecified atom stereocenters. The minimum absolute atomic E-state index is 0.00578. The molecule has 2 aromatic rings. The molecule has 0 aromatic heterocycles. The Morgan fingerprint density at radius 2 is 1.43 bits per heavy atom. The highest BCUT2D eigenvalue weighted by molar-refractivity contribution is 6.07. The number of hydrogen-bond acceptors (Lipinski definition) is 5. The molecule has 1 N–H and O–H groups in total. The molecule has 0 radical (unpaired) electrons. The maximum absolute atomic E-state index is 12.8. The van der Waals surface area contributed by atoms with Crippen LogP contribution in [0.4, 0.5) is 4.79 Å². The first kappa shape index (κ1) is 32.7. The van der Waals surface area contributed by atoms with Crippen LogP contribution in [-0.2, 0) is 25.7 Å². The molecule has 0 spiro atoms. The highest BCUT2D eigenvalue weighted by Crippen LogP contribution is 2.14. The number of unbranched alkanes of at least 4 members (excludes halogenated alkanes) is 8. The number of aryl methyl sites for hydroxylation is 1. The Morgan fingerprint density at radius 3 is 2.05 bits per heavy atom. The van der Waals surface area contributed by atoms with Gasteiger partial charge in [-0.25, -0.2) is 9.59 Å². The lowest BCUT2D eigenvalue weighted by Crippen LogP contribution is -2.43. The smallest absolute Gasteiger partial charge is 0.434 e. The molecular formula is C33H46N2O5. The van der Waals surface area contributed by atoms with Crippen LogP contribution in [0.3, 0.4) is 0 Å². The number of carbonyl (C=O) groups excluding carboxylic acids is 3. The Kier molecular flexibility index (Phi) is 16.0. The van der Waals surface area contributed by atoms with E-state index in [2.05, 4.69) is 17.2 Å². The molecule has 0 aliphatic carbocycles. The summed E-state index contributed by atoms with van der Waals surface area (Å²) in [4.78, 5) is 42.4. The number of amides is 2. The molecule has 0 saturated carbocycles. The van der Waals surface area contributed by atoms with Gasteiger partial charge in [-0.3, -0.25) is 4.79 Å². The average molecular weight is 551 g/mol. The Labute approximate surface area is 239 Å². The summed E-state index contributed by atoms with van der Waals surface area (Å²) in [7, 11) is 0. The maximum atomic E-state index is 12.8. The molecule has 0 fully saturated rings. The lowest BCUT2D eigenvalue weighted by molar-refractivity contribution is -0.147. The Balaban J connectivity index is 2.02. The number of nitrogens with zero attached hydrogens (tertiary/aromatic N) is 1. The van der Waals surface area contributed by atoms with Crippen molar-refractivity contribution in [1.82, 2.24) is 5.32 Å². The molecule has 40 heavy (non-hydrogen) atoms. The minimum atomic E-state index is -0.965. The average Bonchev–Trinajstić information content (AvgIpc) is 2.95. The van der Waals surface area contributed by atoms with Gasteiger partial charge in [-0.1, -0.05) is 118 Å². The molecule has 218 valence electrons. The molecule has 0 aliphatic rings. The van der Waals surface area contributed by atoms with Crippen LogP contribution in [0.15, 0.2) is 59.6 Å². The van der Waals surface area contributed by atoms with Gasteiger partial charge in [0.25, 0.3) is 0 Å². The molecule has 2 amide bonds. The number of ether oxygens (including phenoxy) is 2. The van der Waals surface area contributed by atoms with Gasteiger partial charge in [0.05, 0.1) is 12.3 Å². The third-order valence-electron chi connectivity index (χ3n) is 6.63. The van der Waals surface area contributed by atoms with Crippen molar-refractivity contribution in [2.24, 2.45) is 4.99 Å². The van der Waals surface area contributed by atoms with E-state index in [0.717, 1.165) is 30.4 Å². The zero-order chi connectivity index (χ0) is 29.0. The van der Waals surface area contributed by atoms with E-state index >= 15 is 0 Å². The number of esters is 1. The van der Waals surface area contributed by atoms with Crippen molar-refractivity contribution < 1.29 is 23.9 Å².